The van der Waals surface area contributed by atoms with E-state index in [2.05, 4.69) is 34.8 Å². The Morgan fingerprint density at radius 2 is 2.22 bits per heavy atom. The lowest BCUT2D eigenvalue weighted by molar-refractivity contribution is 0.400. The predicted octanol–water partition coefficient (Wildman–Crippen LogP) is 2.56. The summed E-state index contributed by atoms with van der Waals surface area (Å²) in [4.78, 5) is 4.41. The molecule has 0 aliphatic rings. The van der Waals surface area contributed by atoms with E-state index in [9.17, 15) is 0 Å². The summed E-state index contributed by atoms with van der Waals surface area (Å²) in [6.07, 6.45) is 5.64. The highest BCUT2D eigenvalue weighted by Crippen LogP contribution is 2.20. The summed E-state index contributed by atoms with van der Waals surface area (Å²) in [5.74, 6) is 3.11. The zero-order chi connectivity index (χ0) is 13.0. The van der Waals surface area contributed by atoms with Crippen LogP contribution in [-0.2, 0) is 19.4 Å². The van der Waals surface area contributed by atoms with E-state index in [1.165, 1.54) is 0 Å². The van der Waals surface area contributed by atoms with Gasteiger partial charge in [-0.2, -0.15) is 0 Å². The van der Waals surface area contributed by atoms with E-state index in [1.807, 2.05) is 25.5 Å². The summed E-state index contributed by atoms with van der Waals surface area (Å²) in [5, 5.41) is 3.30. The molecule has 98 valence electrons. The minimum absolute atomic E-state index is 0.179. The van der Waals surface area contributed by atoms with Crippen molar-refractivity contribution in [2.45, 2.75) is 39.3 Å². The molecule has 0 aromatic carbocycles. The Balaban J connectivity index is 2.14. The Morgan fingerprint density at radius 3 is 2.83 bits per heavy atom. The number of aryl methyl sites for hydroxylation is 2. The van der Waals surface area contributed by atoms with Gasteiger partial charge in [0.15, 0.2) is 0 Å². The number of furan rings is 1. The lowest BCUT2D eigenvalue weighted by atomic mass is 10.1. The normalized spacial score (nSPS) is 12.8. The molecule has 18 heavy (non-hydrogen) atoms. The highest BCUT2D eigenvalue weighted by molar-refractivity contribution is 5.12. The van der Waals surface area contributed by atoms with Gasteiger partial charge in [-0.15, -0.1) is 0 Å². The van der Waals surface area contributed by atoms with Crippen LogP contribution in [0.2, 0.25) is 0 Å². The number of nitrogens with zero attached hydrogens (tertiary/aromatic N) is 2. The van der Waals surface area contributed by atoms with Crippen molar-refractivity contribution in [2.24, 2.45) is 0 Å². The van der Waals surface area contributed by atoms with Gasteiger partial charge in [0, 0.05) is 31.8 Å². The van der Waals surface area contributed by atoms with Gasteiger partial charge in [0.2, 0.25) is 0 Å². The zero-order valence-electron chi connectivity index (χ0n) is 11.3. The maximum Gasteiger partial charge on any atom is 0.121 e. The molecule has 0 bridgehead atoms. The Hall–Kier alpha value is -1.55. The minimum Gasteiger partial charge on any atom is -0.464 e. The van der Waals surface area contributed by atoms with Gasteiger partial charge in [0.1, 0.15) is 17.3 Å². The largest absolute Gasteiger partial charge is 0.464 e. The van der Waals surface area contributed by atoms with E-state index < -0.39 is 0 Å². The lowest BCUT2D eigenvalue weighted by Gasteiger charge is -2.14. The van der Waals surface area contributed by atoms with Crippen molar-refractivity contribution in [1.82, 2.24) is 14.9 Å². The molecular formula is C14H21N3O. The first-order chi connectivity index (χ1) is 8.78. The van der Waals surface area contributed by atoms with Crippen molar-refractivity contribution in [3.8, 4) is 0 Å². The number of imidazole rings is 1. The number of hydrogen-bond donors (Lipinski definition) is 1. The Morgan fingerprint density at radius 1 is 1.39 bits per heavy atom. The lowest BCUT2D eigenvalue weighted by Crippen LogP contribution is -2.20. The molecule has 0 amide bonds. The van der Waals surface area contributed by atoms with Gasteiger partial charge in [-0.1, -0.05) is 6.92 Å². The van der Waals surface area contributed by atoms with Crippen molar-refractivity contribution in [1.29, 1.82) is 0 Å². The fourth-order valence-corrected chi connectivity index (χ4v) is 2.12. The third-order valence-corrected chi connectivity index (χ3v) is 3.25. The van der Waals surface area contributed by atoms with Gasteiger partial charge < -0.3 is 14.3 Å². The maximum absolute atomic E-state index is 5.81. The van der Waals surface area contributed by atoms with Crippen LogP contribution in [0.5, 0.6) is 0 Å². The van der Waals surface area contributed by atoms with Crippen molar-refractivity contribution in [3.63, 3.8) is 0 Å². The molecule has 0 saturated carbocycles. The van der Waals surface area contributed by atoms with Crippen LogP contribution in [0.3, 0.4) is 0 Å². The highest BCUT2D eigenvalue weighted by atomic mass is 16.3. The third-order valence-electron chi connectivity index (χ3n) is 3.25. The van der Waals surface area contributed by atoms with E-state index in [-0.39, 0.29) is 6.04 Å². The summed E-state index contributed by atoms with van der Waals surface area (Å²) in [6, 6.07) is 4.28. The van der Waals surface area contributed by atoms with E-state index in [0.717, 1.165) is 36.7 Å². The van der Waals surface area contributed by atoms with Crippen LogP contribution in [0.4, 0.5) is 0 Å². The molecule has 0 aliphatic carbocycles. The second kappa shape index (κ2) is 5.87. The first kappa shape index (κ1) is 12.9. The molecule has 0 fully saturated rings. The van der Waals surface area contributed by atoms with Crippen LogP contribution >= 0.6 is 0 Å². The van der Waals surface area contributed by atoms with Crippen LogP contribution in [0.15, 0.2) is 28.9 Å². The van der Waals surface area contributed by atoms with Gasteiger partial charge in [0.05, 0.1) is 6.04 Å². The van der Waals surface area contributed by atoms with Crippen LogP contribution in [-0.4, -0.2) is 16.6 Å². The maximum atomic E-state index is 5.81. The summed E-state index contributed by atoms with van der Waals surface area (Å²) in [6.45, 7) is 5.17. The van der Waals surface area contributed by atoms with Crippen molar-refractivity contribution in [2.75, 3.05) is 7.05 Å². The van der Waals surface area contributed by atoms with E-state index in [4.69, 9.17) is 4.42 Å². The molecule has 0 saturated heterocycles. The van der Waals surface area contributed by atoms with Crippen LogP contribution in [0, 0.1) is 0 Å². The van der Waals surface area contributed by atoms with E-state index >= 15 is 0 Å². The third kappa shape index (κ3) is 2.64. The first-order valence-corrected chi connectivity index (χ1v) is 6.54. The fraction of sp³-hybridized carbons (Fsp3) is 0.500. The van der Waals surface area contributed by atoms with Crippen LogP contribution < -0.4 is 5.32 Å². The molecular weight excluding hydrogens is 226 g/mol. The number of rotatable bonds is 6. The number of nitrogens with one attached hydrogen (secondary N) is 1. The Bertz CT molecular complexity index is 487. The predicted molar refractivity (Wildman–Crippen MR) is 71.5 cm³/mol. The van der Waals surface area contributed by atoms with Gasteiger partial charge in [-0.3, -0.25) is 0 Å². The average Bonchev–Trinajstić information content (AvgIpc) is 3.04. The first-order valence-electron chi connectivity index (χ1n) is 6.54. The SMILES string of the molecule is CCc1ccc(C(Cc2nccn2CC)NC)o1. The minimum atomic E-state index is 0.179. The monoisotopic (exact) mass is 247 g/mol. The molecule has 4 nitrogen and oxygen atoms in total. The van der Waals surface area contributed by atoms with Crippen molar-refractivity contribution in [3.05, 3.63) is 41.9 Å². The zero-order valence-corrected chi connectivity index (χ0v) is 11.3. The standard InChI is InChI=1S/C14H21N3O/c1-4-11-6-7-13(18-11)12(15-3)10-14-16-8-9-17(14)5-2/h6-9,12,15H,4-5,10H2,1-3H3. The highest BCUT2D eigenvalue weighted by Gasteiger charge is 2.16. The molecule has 4 heteroatoms. The van der Waals surface area contributed by atoms with Crippen LogP contribution in [0.25, 0.3) is 0 Å². The number of aromatic nitrogens is 2. The molecule has 0 spiro atoms. The van der Waals surface area contributed by atoms with Crippen molar-refractivity contribution < 1.29 is 4.42 Å². The molecule has 1 N–H and O–H groups in total. The molecule has 2 aromatic heterocycles. The van der Waals surface area contributed by atoms with Gasteiger partial charge in [0.25, 0.3) is 0 Å². The van der Waals surface area contributed by atoms with E-state index in [0.29, 0.717) is 0 Å². The molecule has 2 aromatic rings. The topological polar surface area (TPSA) is 43.0 Å². The molecule has 0 radical (unpaired) electrons. The quantitative estimate of drug-likeness (QED) is 0.853. The van der Waals surface area contributed by atoms with Crippen molar-refractivity contribution >= 4 is 0 Å². The average molecular weight is 247 g/mol. The number of hydrogen-bond acceptors (Lipinski definition) is 3. The van der Waals surface area contributed by atoms with Gasteiger partial charge in [-0.25, -0.2) is 4.98 Å². The molecule has 2 heterocycles. The molecule has 0 aliphatic heterocycles. The molecule has 1 unspecified atom stereocenters. The smallest absolute Gasteiger partial charge is 0.121 e. The molecule has 1 atom stereocenters. The van der Waals surface area contributed by atoms with E-state index in [1.54, 1.807) is 0 Å². The summed E-state index contributed by atoms with van der Waals surface area (Å²) in [7, 11) is 1.96. The van der Waals surface area contributed by atoms with Gasteiger partial charge >= 0.3 is 0 Å². The second-order valence-electron chi connectivity index (χ2n) is 4.33. The molecule has 2 rings (SSSR count). The Kier molecular flexibility index (Phi) is 4.20. The fourth-order valence-electron chi connectivity index (χ4n) is 2.12. The van der Waals surface area contributed by atoms with Gasteiger partial charge in [-0.05, 0) is 26.1 Å². The summed E-state index contributed by atoms with van der Waals surface area (Å²) in [5.41, 5.74) is 0. The second-order valence-corrected chi connectivity index (χ2v) is 4.33. The summed E-state index contributed by atoms with van der Waals surface area (Å²) >= 11 is 0. The Labute approximate surface area is 108 Å². The van der Waals surface area contributed by atoms with Crippen LogP contribution in [0.1, 0.15) is 37.2 Å². The summed E-state index contributed by atoms with van der Waals surface area (Å²) < 4.78 is 7.97. The number of likely N-dealkylation sites (N-methyl/N-ethyl adjacent to an activating group) is 1.